The van der Waals surface area contributed by atoms with E-state index in [2.05, 4.69) is 10.3 Å². The van der Waals surface area contributed by atoms with Gasteiger partial charge in [0.25, 0.3) is 5.91 Å². The fourth-order valence-electron chi connectivity index (χ4n) is 2.02. The average Bonchev–Trinajstić information content (AvgIpc) is 3.02. The SMILES string of the molecule is CCOC(=O)CCCNC(=O)c1cncn1-c1ccccc1. The van der Waals surface area contributed by atoms with Gasteiger partial charge in [0.1, 0.15) is 5.69 Å². The molecule has 0 unspecified atom stereocenters. The molecule has 6 heteroatoms. The van der Waals surface area contributed by atoms with Crippen LogP contribution in [0.5, 0.6) is 0 Å². The zero-order chi connectivity index (χ0) is 15.8. The van der Waals surface area contributed by atoms with Crippen molar-refractivity contribution in [2.45, 2.75) is 19.8 Å². The third-order valence-electron chi connectivity index (χ3n) is 3.05. The maximum Gasteiger partial charge on any atom is 0.305 e. The van der Waals surface area contributed by atoms with Crippen LogP contribution in [0.4, 0.5) is 0 Å². The highest BCUT2D eigenvalue weighted by Crippen LogP contribution is 2.10. The molecule has 1 aromatic heterocycles. The number of nitrogens with one attached hydrogen (secondary N) is 1. The summed E-state index contributed by atoms with van der Waals surface area (Å²) in [6.45, 7) is 2.56. The number of rotatable bonds is 7. The normalized spacial score (nSPS) is 10.2. The molecule has 2 rings (SSSR count). The Bertz CT molecular complexity index is 623. The van der Waals surface area contributed by atoms with E-state index < -0.39 is 0 Å². The molecule has 1 aromatic carbocycles. The molecule has 0 saturated heterocycles. The van der Waals surface area contributed by atoms with E-state index in [-0.39, 0.29) is 11.9 Å². The monoisotopic (exact) mass is 301 g/mol. The molecule has 1 amide bonds. The van der Waals surface area contributed by atoms with Gasteiger partial charge in [-0.25, -0.2) is 4.98 Å². The maximum absolute atomic E-state index is 12.2. The predicted molar refractivity (Wildman–Crippen MR) is 81.8 cm³/mol. The molecule has 0 aliphatic rings. The van der Waals surface area contributed by atoms with Crippen molar-refractivity contribution in [1.82, 2.24) is 14.9 Å². The van der Waals surface area contributed by atoms with Gasteiger partial charge in [0.15, 0.2) is 0 Å². The van der Waals surface area contributed by atoms with Gasteiger partial charge in [-0.15, -0.1) is 0 Å². The van der Waals surface area contributed by atoms with E-state index in [1.54, 1.807) is 17.8 Å². The first-order chi connectivity index (χ1) is 10.7. The van der Waals surface area contributed by atoms with Crippen molar-refractivity contribution >= 4 is 11.9 Å². The van der Waals surface area contributed by atoms with Crippen molar-refractivity contribution in [2.75, 3.05) is 13.2 Å². The summed E-state index contributed by atoms with van der Waals surface area (Å²) in [6.07, 6.45) is 3.96. The number of ether oxygens (including phenoxy) is 1. The molecule has 0 fully saturated rings. The summed E-state index contributed by atoms with van der Waals surface area (Å²) < 4.78 is 6.56. The van der Waals surface area contributed by atoms with Crippen molar-refractivity contribution in [3.05, 3.63) is 48.5 Å². The molecule has 0 aliphatic heterocycles. The van der Waals surface area contributed by atoms with Gasteiger partial charge in [0.05, 0.1) is 19.1 Å². The van der Waals surface area contributed by atoms with E-state index >= 15 is 0 Å². The van der Waals surface area contributed by atoms with Crippen molar-refractivity contribution < 1.29 is 14.3 Å². The lowest BCUT2D eigenvalue weighted by atomic mass is 10.3. The first-order valence-corrected chi connectivity index (χ1v) is 7.24. The molecule has 22 heavy (non-hydrogen) atoms. The Morgan fingerprint density at radius 3 is 2.77 bits per heavy atom. The van der Waals surface area contributed by atoms with E-state index in [0.29, 0.717) is 31.7 Å². The molecule has 1 N–H and O–H groups in total. The Hall–Kier alpha value is -2.63. The van der Waals surface area contributed by atoms with E-state index in [0.717, 1.165) is 5.69 Å². The molecular formula is C16H19N3O3. The predicted octanol–water partition coefficient (Wildman–Crippen LogP) is 1.95. The van der Waals surface area contributed by atoms with Crippen LogP contribution in [0.3, 0.4) is 0 Å². The maximum atomic E-state index is 12.2. The summed E-state index contributed by atoms with van der Waals surface area (Å²) in [6, 6.07) is 9.51. The molecule has 6 nitrogen and oxygen atoms in total. The number of imidazole rings is 1. The molecule has 0 saturated carbocycles. The van der Waals surface area contributed by atoms with Gasteiger partial charge < -0.3 is 10.1 Å². The standard InChI is InChI=1S/C16H19N3O3/c1-2-22-15(20)9-6-10-18-16(21)14-11-17-12-19(14)13-7-4-3-5-8-13/h3-5,7-8,11-12H,2,6,9-10H2,1H3,(H,18,21). The van der Waals surface area contributed by atoms with Crippen LogP contribution in [-0.4, -0.2) is 34.6 Å². The number of aromatic nitrogens is 2. The first-order valence-electron chi connectivity index (χ1n) is 7.24. The molecule has 0 radical (unpaired) electrons. The van der Waals surface area contributed by atoms with Crippen LogP contribution in [0.2, 0.25) is 0 Å². The van der Waals surface area contributed by atoms with Gasteiger partial charge in [-0.05, 0) is 25.5 Å². The van der Waals surface area contributed by atoms with Crippen molar-refractivity contribution in [1.29, 1.82) is 0 Å². The first kappa shape index (κ1) is 15.8. The second-order valence-corrected chi connectivity index (χ2v) is 4.65. The smallest absolute Gasteiger partial charge is 0.305 e. The Kier molecular flexibility index (Phi) is 5.71. The Labute approximate surface area is 129 Å². The van der Waals surface area contributed by atoms with Crippen molar-refractivity contribution in [3.63, 3.8) is 0 Å². The van der Waals surface area contributed by atoms with Crippen molar-refractivity contribution in [2.24, 2.45) is 0 Å². The Balaban J connectivity index is 1.89. The minimum atomic E-state index is -0.244. The molecule has 2 aromatic rings. The number of carbonyl (C=O) groups excluding carboxylic acids is 2. The average molecular weight is 301 g/mol. The molecule has 0 atom stereocenters. The highest BCUT2D eigenvalue weighted by atomic mass is 16.5. The number of para-hydroxylation sites is 1. The third-order valence-corrected chi connectivity index (χ3v) is 3.05. The summed E-state index contributed by atoms with van der Waals surface area (Å²) in [4.78, 5) is 27.4. The lowest BCUT2D eigenvalue weighted by molar-refractivity contribution is -0.143. The molecule has 116 valence electrons. The molecule has 0 aliphatic carbocycles. The van der Waals surface area contributed by atoms with Gasteiger partial charge in [-0.2, -0.15) is 0 Å². The lowest BCUT2D eigenvalue weighted by Crippen LogP contribution is -2.27. The van der Waals surface area contributed by atoms with E-state index in [9.17, 15) is 9.59 Å². The van der Waals surface area contributed by atoms with Crippen LogP contribution < -0.4 is 5.32 Å². The summed E-state index contributed by atoms with van der Waals surface area (Å²) in [5, 5.41) is 2.79. The zero-order valence-corrected chi connectivity index (χ0v) is 12.5. The van der Waals surface area contributed by atoms with Crippen LogP contribution in [0.25, 0.3) is 5.69 Å². The minimum Gasteiger partial charge on any atom is -0.466 e. The molecule has 1 heterocycles. The Morgan fingerprint density at radius 2 is 2.05 bits per heavy atom. The van der Waals surface area contributed by atoms with Crippen LogP contribution >= 0.6 is 0 Å². The van der Waals surface area contributed by atoms with Gasteiger partial charge in [-0.1, -0.05) is 18.2 Å². The fraction of sp³-hybridized carbons (Fsp3) is 0.312. The summed E-state index contributed by atoms with van der Waals surface area (Å²) >= 11 is 0. The topological polar surface area (TPSA) is 73.2 Å². The molecule has 0 bridgehead atoms. The van der Waals surface area contributed by atoms with E-state index in [4.69, 9.17) is 4.74 Å². The fourth-order valence-corrected chi connectivity index (χ4v) is 2.02. The number of carbonyl (C=O) groups is 2. The second-order valence-electron chi connectivity index (χ2n) is 4.65. The second kappa shape index (κ2) is 7.97. The summed E-state index contributed by atoms with van der Waals surface area (Å²) in [5.41, 5.74) is 1.33. The number of amides is 1. The number of hydrogen-bond acceptors (Lipinski definition) is 4. The summed E-state index contributed by atoms with van der Waals surface area (Å²) in [7, 11) is 0. The van der Waals surface area contributed by atoms with E-state index in [1.807, 2.05) is 30.3 Å². The highest BCUT2D eigenvalue weighted by Gasteiger charge is 2.12. The van der Waals surface area contributed by atoms with Gasteiger partial charge in [-0.3, -0.25) is 14.2 Å². The van der Waals surface area contributed by atoms with Gasteiger partial charge >= 0.3 is 5.97 Å². The lowest BCUT2D eigenvalue weighted by Gasteiger charge is -2.08. The largest absolute Gasteiger partial charge is 0.466 e. The number of esters is 1. The van der Waals surface area contributed by atoms with Crippen molar-refractivity contribution in [3.8, 4) is 5.69 Å². The van der Waals surface area contributed by atoms with Crippen LogP contribution in [-0.2, 0) is 9.53 Å². The van der Waals surface area contributed by atoms with Gasteiger partial charge in [0, 0.05) is 18.7 Å². The molecular weight excluding hydrogens is 282 g/mol. The van der Waals surface area contributed by atoms with E-state index in [1.165, 1.54) is 6.20 Å². The third kappa shape index (κ3) is 4.18. The highest BCUT2D eigenvalue weighted by molar-refractivity contribution is 5.93. The van der Waals surface area contributed by atoms with Crippen LogP contribution in [0.1, 0.15) is 30.3 Å². The minimum absolute atomic E-state index is 0.217. The number of benzene rings is 1. The van der Waals surface area contributed by atoms with Crippen LogP contribution in [0.15, 0.2) is 42.9 Å². The zero-order valence-electron chi connectivity index (χ0n) is 12.5. The summed E-state index contributed by atoms with van der Waals surface area (Å²) in [5.74, 6) is -0.462. The van der Waals surface area contributed by atoms with Gasteiger partial charge in [0.2, 0.25) is 0 Å². The quantitative estimate of drug-likeness (QED) is 0.626. The Morgan fingerprint density at radius 1 is 1.27 bits per heavy atom. The molecule has 0 spiro atoms. The number of nitrogens with zero attached hydrogens (tertiary/aromatic N) is 2. The number of hydrogen-bond donors (Lipinski definition) is 1. The van der Waals surface area contributed by atoms with Crippen LogP contribution in [0, 0.1) is 0 Å².